The number of ether oxygens (including phenoxy) is 1. The predicted octanol–water partition coefficient (Wildman–Crippen LogP) is 1.94. The SMILES string of the molecule is Cc1cn([C@H]2CC[C@@](CC[O-])(COP(OCCC#N)N(C(C)C)C(C)C)O2)c(=O)[nH]c1=O. The molecule has 1 unspecified atom stereocenters. The average Bonchev–Trinajstić information content (AvgIpc) is 3.12. The van der Waals surface area contributed by atoms with Crippen LogP contribution in [0.2, 0.25) is 0 Å². The van der Waals surface area contributed by atoms with Crippen molar-refractivity contribution in [3.05, 3.63) is 32.6 Å². The maximum atomic E-state index is 12.3. The van der Waals surface area contributed by atoms with Gasteiger partial charge in [-0.05, 0) is 53.9 Å². The molecule has 1 fully saturated rings. The first-order valence-corrected chi connectivity index (χ1v) is 12.1. The third kappa shape index (κ3) is 6.70. The number of aryl methyl sites for hydroxylation is 1. The first kappa shape index (κ1) is 26.7. The highest BCUT2D eigenvalue weighted by Crippen LogP contribution is 2.48. The van der Waals surface area contributed by atoms with Crippen LogP contribution in [-0.2, 0) is 13.8 Å². The summed E-state index contributed by atoms with van der Waals surface area (Å²) in [7, 11) is -1.47. The number of rotatable bonds is 12. The van der Waals surface area contributed by atoms with Gasteiger partial charge in [0.1, 0.15) is 6.23 Å². The van der Waals surface area contributed by atoms with E-state index in [9.17, 15) is 14.7 Å². The lowest BCUT2D eigenvalue weighted by molar-refractivity contribution is -0.375. The quantitative estimate of drug-likeness (QED) is 0.363. The molecule has 3 atom stereocenters. The van der Waals surface area contributed by atoms with E-state index < -0.39 is 31.6 Å². The Morgan fingerprint density at radius 3 is 2.66 bits per heavy atom. The summed E-state index contributed by atoms with van der Waals surface area (Å²) in [6, 6.07) is 2.37. The van der Waals surface area contributed by atoms with Gasteiger partial charge in [0, 0.05) is 23.8 Å². The summed E-state index contributed by atoms with van der Waals surface area (Å²) in [5.41, 5.74) is -1.42. The molecule has 1 aliphatic rings. The average molecular weight is 469 g/mol. The van der Waals surface area contributed by atoms with Gasteiger partial charge in [0.05, 0.1) is 31.3 Å². The zero-order chi connectivity index (χ0) is 23.9. The Morgan fingerprint density at radius 1 is 1.38 bits per heavy atom. The molecule has 1 aromatic heterocycles. The van der Waals surface area contributed by atoms with Crippen LogP contribution in [0, 0.1) is 18.3 Å². The second kappa shape index (κ2) is 12.0. The van der Waals surface area contributed by atoms with E-state index >= 15 is 0 Å². The first-order chi connectivity index (χ1) is 15.1. The zero-order valence-corrected chi connectivity index (χ0v) is 20.4. The second-order valence-electron chi connectivity index (χ2n) is 8.55. The molecule has 1 aliphatic heterocycles. The van der Waals surface area contributed by atoms with Crippen LogP contribution in [0.4, 0.5) is 0 Å². The maximum absolute atomic E-state index is 12.3. The van der Waals surface area contributed by atoms with Crippen LogP contribution in [0.1, 0.15) is 65.2 Å². The summed E-state index contributed by atoms with van der Waals surface area (Å²) < 4.78 is 21.9. The molecule has 1 saturated heterocycles. The molecule has 10 nitrogen and oxygen atoms in total. The summed E-state index contributed by atoms with van der Waals surface area (Å²) in [4.78, 5) is 26.3. The minimum atomic E-state index is -1.47. The highest BCUT2D eigenvalue weighted by molar-refractivity contribution is 7.44. The van der Waals surface area contributed by atoms with E-state index in [0.29, 0.717) is 18.4 Å². The number of aromatic amines is 1. The molecule has 0 saturated carbocycles. The van der Waals surface area contributed by atoms with Crippen LogP contribution < -0.4 is 16.4 Å². The van der Waals surface area contributed by atoms with Crippen molar-refractivity contribution in [1.82, 2.24) is 14.2 Å². The first-order valence-electron chi connectivity index (χ1n) is 10.9. The van der Waals surface area contributed by atoms with Crippen LogP contribution in [0.5, 0.6) is 0 Å². The van der Waals surface area contributed by atoms with Crippen molar-refractivity contribution in [1.29, 1.82) is 5.26 Å². The van der Waals surface area contributed by atoms with Gasteiger partial charge in [-0.1, -0.05) is 0 Å². The van der Waals surface area contributed by atoms with Crippen LogP contribution in [0.25, 0.3) is 0 Å². The highest BCUT2D eigenvalue weighted by Gasteiger charge is 2.42. The van der Waals surface area contributed by atoms with Gasteiger partial charge >= 0.3 is 5.69 Å². The largest absolute Gasteiger partial charge is 0.854 e. The van der Waals surface area contributed by atoms with Crippen LogP contribution >= 0.6 is 8.53 Å². The van der Waals surface area contributed by atoms with Crippen LogP contribution in [0.15, 0.2) is 15.8 Å². The lowest BCUT2D eigenvalue weighted by atomic mass is 9.97. The topological polar surface area (TPSA) is 133 Å². The van der Waals surface area contributed by atoms with E-state index in [-0.39, 0.29) is 44.7 Å². The number of nitrogens with one attached hydrogen (secondary N) is 1. The molecule has 1 N–H and O–H groups in total. The minimum Gasteiger partial charge on any atom is -0.854 e. The Morgan fingerprint density at radius 2 is 2.06 bits per heavy atom. The van der Waals surface area contributed by atoms with Crippen molar-refractivity contribution in [3.63, 3.8) is 0 Å². The van der Waals surface area contributed by atoms with Crippen LogP contribution in [-0.4, -0.2) is 51.7 Å². The lowest BCUT2D eigenvalue weighted by Crippen LogP contribution is -2.40. The molecule has 2 rings (SSSR count). The van der Waals surface area contributed by atoms with Crippen molar-refractivity contribution < 1.29 is 18.9 Å². The second-order valence-corrected chi connectivity index (χ2v) is 10.0. The van der Waals surface area contributed by atoms with Crippen molar-refractivity contribution in [3.8, 4) is 6.07 Å². The zero-order valence-electron chi connectivity index (χ0n) is 19.5. The fourth-order valence-corrected chi connectivity index (χ4v) is 5.51. The van der Waals surface area contributed by atoms with E-state index in [4.69, 9.17) is 19.0 Å². The number of hydrogen-bond acceptors (Lipinski definition) is 8. The summed E-state index contributed by atoms with van der Waals surface area (Å²) in [6.07, 6.45) is 2.42. The fourth-order valence-electron chi connectivity index (χ4n) is 3.82. The molecule has 0 amide bonds. The molecule has 0 aromatic carbocycles. The van der Waals surface area contributed by atoms with Gasteiger partial charge < -0.3 is 18.9 Å². The summed E-state index contributed by atoms with van der Waals surface area (Å²) >= 11 is 0. The summed E-state index contributed by atoms with van der Waals surface area (Å²) in [5, 5.41) is 20.4. The van der Waals surface area contributed by atoms with E-state index in [2.05, 4.69) is 15.7 Å². The Kier molecular flexibility index (Phi) is 10.0. The molecule has 32 heavy (non-hydrogen) atoms. The number of H-pyrrole nitrogens is 1. The van der Waals surface area contributed by atoms with Gasteiger partial charge in [-0.2, -0.15) is 5.26 Å². The summed E-state index contributed by atoms with van der Waals surface area (Å²) in [6.45, 7) is 9.86. The molecule has 0 radical (unpaired) electrons. The monoisotopic (exact) mass is 469 g/mol. The standard InChI is InChI=1S/C21H34N4O6P/c1-15(2)25(16(3)4)32(29-12-6-10-22)30-14-21(9-11-26)8-7-18(31-21)24-13-17(5)19(27)23-20(24)28/h13,15-16,18H,6-9,11-12,14H2,1-5H3,(H,23,27,28)/q-1/t18-,21-,32?/m1/s1. The number of nitrogens with zero attached hydrogens (tertiary/aromatic N) is 3. The van der Waals surface area contributed by atoms with E-state index in [1.165, 1.54) is 10.8 Å². The fraction of sp³-hybridized carbons (Fsp3) is 0.762. The molecule has 0 aliphatic carbocycles. The van der Waals surface area contributed by atoms with E-state index in [1.54, 1.807) is 6.92 Å². The number of nitriles is 1. The molecule has 1 aromatic rings. The Labute approximate surface area is 190 Å². The van der Waals surface area contributed by atoms with Gasteiger partial charge in [0.25, 0.3) is 14.1 Å². The lowest BCUT2D eigenvalue weighted by Gasteiger charge is -2.38. The predicted molar refractivity (Wildman–Crippen MR) is 119 cm³/mol. The van der Waals surface area contributed by atoms with Crippen molar-refractivity contribution in [2.24, 2.45) is 0 Å². The van der Waals surface area contributed by atoms with Gasteiger partial charge in [0.2, 0.25) is 0 Å². The Hall–Kier alpha value is -1.60. The Balaban J connectivity index is 2.20. The molecule has 11 heteroatoms. The molecule has 0 spiro atoms. The van der Waals surface area contributed by atoms with E-state index in [1.807, 2.05) is 27.7 Å². The molecule has 2 heterocycles. The van der Waals surface area contributed by atoms with Crippen molar-refractivity contribution in [2.45, 2.75) is 84.2 Å². The van der Waals surface area contributed by atoms with Crippen LogP contribution in [0.3, 0.4) is 0 Å². The smallest absolute Gasteiger partial charge is 0.330 e. The molecular weight excluding hydrogens is 435 g/mol. The summed E-state index contributed by atoms with van der Waals surface area (Å²) in [5.74, 6) is 0. The Bertz CT molecular complexity index is 888. The van der Waals surface area contributed by atoms with Crippen molar-refractivity contribution >= 4 is 8.53 Å². The third-order valence-corrected chi connectivity index (χ3v) is 7.40. The van der Waals surface area contributed by atoms with Gasteiger partial charge in [-0.25, -0.2) is 9.46 Å². The molecule has 0 bridgehead atoms. The maximum Gasteiger partial charge on any atom is 0.330 e. The highest BCUT2D eigenvalue weighted by atomic mass is 31.2. The van der Waals surface area contributed by atoms with Gasteiger partial charge in [0.15, 0.2) is 0 Å². The third-order valence-electron chi connectivity index (χ3n) is 5.35. The normalized spacial score (nSPS) is 22.1. The van der Waals surface area contributed by atoms with Crippen molar-refractivity contribution in [2.75, 3.05) is 19.8 Å². The molecule has 180 valence electrons. The van der Waals surface area contributed by atoms with E-state index in [0.717, 1.165) is 0 Å². The number of aromatic nitrogens is 2. The van der Waals surface area contributed by atoms with Gasteiger partial charge in [-0.15, -0.1) is 6.61 Å². The molecular formula is C21H34N4O6P-. The number of hydrogen-bond donors (Lipinski definition) is 1. The minimum absolute atomic E-state index is 0.136. The van der Waals surface area contributed by atoms with Gasteiger partial charge in [-0.3, -0.25) is 14.3 Å².